The molecule has 2 amide bonds. The molecule has 0 saturated heterocycles. The first-order chi connectivity index (χ1) is 9.51. The number of nitrogens with zero attached hydrogens (tertiary/aromatic N) is 1. The van der Waals surface area contributed by atoms with Crippen LogP contribution in [0, 0.1) is 0 Å². The molecule has 2 aromatic rings. The lowest BCUT2D eigenvalue weighted by Gasteiger charge is -2.22. The second-order valence-electron chi connectivity index (χ2n) is 4.58. The molecule has 0 aliphatic heterocycles. The van der Waals surface area contributed by atoms with Gasteiger partial charge < -0.3 is 10.4 Å². The molecule has 0 aliphatic carbocycles. The second-order valence-corrected chi connectivity index (χ2v) is 6.47. The number of carbonyl (C=O) groups is 1. The second kappa shape index (κ2) is 6.34. The van der Waals surface area contributed by atoms with E-state index in [0.717, 1.165) is 16.9 Å². The Morgan fingerprint density at radius 1 is 1.55 bits per heavy atom. The molecule has 108 valence electrons. The molecule has 0 aromatic carbocycles. The van der Waals surface area contributed by atoms with E-state index in [0.29, 0.717) is 5.13 Å². The third-order valence-corrected chi connectivity index (χ3v) is 4.60. The molecule has 1 atom stereocenters. The zero-order chi connectivity index (χ0) is 14.6. The number of nitrogens with one attached hydrogen (secondary N) is 2. The lowest BCUT2D eigenvalue weighted by molar-refractivity contribution is 0.0604. The van der Waals surface area contributed by atoms with E-state index in [1.54, 1.807) is 13.1 Å². The first kappa shape index (κ1) is 15.0. The number of thiazole rings is 1. The van der Waals surface area contributed by atoms with Gasteiger partial charge in [-0.25, -0.2) is 9.78 Å². The van der Waals surface area contributed by atoms with Gasteiger partial charge in [-0.3, -0.25) is 5.32 Å². The first-order valence-electron chi connectivity index (χ1n) is 6.26. The monoisotopic (exact) mass is 311 g/mol. The maximum absolute atomic E-state index is 11.8. The van der Waals surface area contributed by atoms with Gasteiger partial charge in [0.15, 0.2) is 5.13 Å². The summed E-state index contributed by atoms with van der Waals surface area (Å²) in [4.78, 5) is 17.0. The van der Waals surface area contributed by atoms with Crippen molar-refractivity contribution >= 4 is 33.8 Å². The molecule has 3 N–H and O–H groups in total. The van der Waals surface area contributed by atoms with Crippen molar-refractivity contribution in [1.82, 2.24) is 10.3 Å². The van der Waals surface area contributed by atoms with Gasteiger partial charge >= 0.3 is 6.03 Å². The number of aliphatic hydroxyl groups is 1. The number of anilines is 1. The van der Waals surface area contributed by atoms with Gasteiger partial charge in [0.1, 0.15) is 5.60 Å². The summed E-state index contributed by atoms with van der Waals surface area (Å²) < 4.78 is 0. The van der Waals surface area contributed by atoms with Crippen LogP contribution in [0.25, 0.3) is 0 Å². The molecule has 1 unspecified atom stereocenters. The van der Waals surface area contributed by atoms with E-state index in [4.69, 9.17) is 0 Å². The summed E-state index contributed by atoms with van der Waals surface area (Å²) in [5.41, 5.74) is -0.278. The van der Waals surface area contributed by atoms with Gasteiger partial charge in [0.2, 0.25) is 0 Å². The van der Waals surface area contributed by atoms with Gasteiger partial charge in [-0.05, 0) is 35.7 Å². The molecule has 2 aromatic heterocycles. The van der Waals surface area contributed by atoms with Crippen LogP contribution in [0.1, 0.15) is 24.3 Å². The number of carbonyl (C=O) groups excluding carboxylic acids is 1. The van der Waals surface area contributed by atoms with Crippen LogP contribution in [0.4, 0.5) is 9.93 Å². The standard InChI is InChI=1S/C13H17N3O2S2/c1-3-10-6-14-12(20-10)16-11(17)15-8-13(2,18)9-4-5-19-7-9/h4-7,18H,3,8H2,1-2H3,(H2,14,15,16,17). The highest BCUT2D eigenvalue weighted by molar-refractivity contribution is 7.15. The van der Waals surface area contributed by atoms with E-state index in [2.05, 4.69) is 15.6 Å². The van der Waals surface area contributed by atoms with E-state index < -0.39 is 5.60 Å². The summed E-state index contributed by atoms with van der Waals surface area (Å²) in [6.07, 6.45) is 2.65. The van der Waals surface area contributed by atoms with Gasteiger partial charge in [0.25, 0.3) is 0 Å². The van der Waals surface area contributed by atoms with E-state index in [-0.39, 0.29) is 12.6 Å². The zero-order valence-corrected chi connectivity index (χ0v) is 13.0. The fourth-order valence-corrected chi connectivity index (χ4v) is 3.13. The Balaban J connectivity index is 1.86. The number of thiophene rings is 1. The fraction of sp³-hybridized carbons (Fsp3) is 0.385. The van der Waals surface area contributed by atoms with Crippen LogP contribution in [-0.2, 0) is 12.0 Å². The number of aromatic nitrogens is 1. The molecular weight excluding hydrogens is 294 g/mol. The van der Waals surface area contributed by atoms with Gasteiger partial charge in [0, 0.05) is 11.1 Å². The maximum atomic E-state index is 11.8. The molecular formula is C13H17N3O2S2. The molecule has 0 bridgehead atoms. The van der Waals surface area contributed by atoms with Gasteiger partial charge in [-0.2, -0.15) is 11.3 Å². The van der Waals surface area contributed by atoms with Crippen LogP contribution >= 0.6 is 22.7 Å². The highest BCUT2D eigenvalue weighted by Gasteiger charge is 2.24. The Kier molecular flexibility index (Phi) is 4.74. The van der Waals surface area contributed by atoms with Crippen molar-refractivity contribution in [3.05, 3.63) is 33.5 Å². The van der Waals surface area contributed by atoms with Crippen molar-refractivity contribution in [2.45, 2.75) is 25.9 Å². The Morgan fingerprint density at radius 3 is 2.95 bits per heavy atom. The Morgan fingerprint density at radius 2 is 2.35 bits per heavy atom. The summed E-state index contributed by atoms with van der Waals surface area (Å²) in [6, 6.07) is 1.48. The molecule has 0 saturated carbocycles. The van der Waals surface area contributed by atoms with E-state index in [1.807, 2.05) is 23.8 Å². The minimum absolute atomic E-state index is 0.140. The fourth-order valence-electron chi connectivity index (χ4n) is 1.60. The summed E-state index contributed by atoms with van der Waals surface area (Å²) >= 11 is 2.96. The average molecular weight is 311 g/mol. The smallest absolute Gasteiger partial charge is 0.321 e. The molecule has 20 heavy (non-hydrogen) atoms. The van der Waals surface area contributed by atoms with Crippen LogP contribution in [0.5, 0.6) is 0 Å². The largest absolute Gasteiger partial charge is 0.384 e. The number of hydrogen-bond acceptors (Lipinski definition) is 5. The third kappa shape index (κ3) is 3.78. The van der Waals surface area contributed by atoms with Crippen LogP contribution in [0.15, 0.2) is 23.0 Å². The van der Waals surface area contributed by atoms with Crippen LogP contribution in [-0.4, -0.2) is 22.7 Å². The maximum Gasteiger partial charge on any atom is 0.321 e. The van der Waals surface area contributed by atoms with Crippen molar-refractivity contribution in [3.8, 4) is 0 Å². The molecule has 0 spiro atoms. The average Bonchev–Trinajstić information content (AvgIpc) is 3.07. The van der Waals surface area contributed by atoms with Crippen molar-refractivity contribution in [1.29, 1.82) is 0 Å². The molecule has 2 rings (SSSR count). The predicted molar refractivity (Wildman–Crippen MR) is 82.4 cm³/mol. The Bertz CT molecular complexity index is 564. The highest BCUT2D eigenvalue weighted by Crippen LogP contribution is 2.22. The van der Waals surface area contributed by atoms with Crippen LogP contribution in [0.2, 0.25) is 0 Å². The minimum Gasteiger partial charge on any atom is -0.384 e. The first-order valence-corrected chi connectivity index (χ1v) is 8.02. The molecule has 0 fully saturated rings. The highest BCUT2D eigenvalue weighted by atomic mass is 32.1. The van der Waals surface area contributed by atoms with Crippen molar-refractivity contribution in [2.24, 2.45) is 0 Å². The third-order valence-electron chi connectivity index (χ3n) is 2.86. The zero-order valence-electron chi connectivity index (χ0n) is 11.3. The lowest BCUT2D eigenvalue weighted by Crippen LogP contribution is -2.40. The molecule has 7 heteroatoms. The SMILES string of the molecule is CCc1cnc(NC(=O)NCC(C)(O)c2ccsc2)s1. The van der Waals surface area contributed by atoms with E-state index >= 15 is 0 Å². The topological polar surface area (TPSA) is 74.2 Å². The molecule has 5 nitrogen and oxygen atoms in total. The molecule has 2 heterocycles. The normalized spacial score (nSPS) is 13.8. The lowest BCUT2D eigenvalue weighted by atomic mass is 9.99. The van der Waals surface area contributed by atoms with E-state index in [9.17, 15) is 9.90 Å². The Labute approximate surface area is 125 Å². The number of hydrogen-bond donors (Lipinski definition) is 3. The summed E-state index contributed by atoms with van der Waals surface area (Å²) in [7, 11) is 0. The van der Waals surface area contributed by atoms with Gasteiger partial charge in [0.05, 0.1) is 6.54 Å². The number of rotatable bonds is 5. The predicted octanol–water partition coefficient (Wildman–Crippen LogP) is 2.80. The van der Waals surface area contributed by atoms with E-state index in [1.165, 1.54) is 22.7 Å². The minimum atomic E-state index is -1.07. The van der Waals surface area contributed by atoms with Gasteiger partial charge in [-0.1, -0.05) is 6.92 Å². The number of amides is 2. The van der Waals surface area contributed by atoms with Gasteiger partial charge in [-0.15, -0.1) is 11.3 Å². The number of aryl methyl sites for hydroxylation is 1. The molecule has 0 radical (unpaired) electrons. The van der Waals surface area contributed by atoms with Crippen LogP contribution < -0.4 is 10.6 Å². The summed E-state index contributed by atoms with van der Waals surface area (Å²) in [6.45, 7) is 3.85. The Hall–Kier alpha value is -1.44. The number of urea groups is 1. The van der Waals surface area contributed by atoms with Crippen molar-refractivity contribution in [2.75, 3.05) is 11.9 Å². The van der Waals surface area contributed by atoms with Crippen molar-refractivity contribution in [3.63, 3.8) is 0 Å². The summed E-state index contributed by atoms with van der Waals surface area (Å²) in [5, 5.41) is 19.9. The van der Waals surface area contributed by atoms with Crippen molar-refractivity contribution < 1.29 is 9.90 Å². The molecule has 0 aliphatic rings. The summed E-state index contributed by atoms with van der Waals surface area (Å²) in [5.74, 6) is 0. The van der Waals surface area contributed by atoms with Crippen LogP contribution in [0.3, 0.4) is 0 Å². The quantitative estimate of drug-likeness (QED) is 0.795.